The highest BCUT2D eigenvalue weighted by Crippen LogP contribution is 2.35. The van der Waals surface area contributed by atoms with Crippen molar-refractivity contribution in [3.63, 3.8) is 0 Å². The molecule has 28 heavy (non-hydrogen) atoms. The summed E-state index contributed by atoms with van der Waals surface area (Å²) < 4.78 is 23.4. The average Bonchev–Trinajstić information content (AvgIpc) is 3.15. The van der Waals surface area contributed by atoms with Gasteiger partial charge in [0.1, 0.15) is 0 Å². The summed E-state index contributed by atoms with van der Waals surface area (Å²) in [6, 6.07) is 15.1. The lowest BCUT2D eigenvalue weighted by molar-refractivity contribution is 0.0951. The van der Waals surface area contributed by atoms with E-state index >= 15 is 0 Å². The fraction of sp³-hybridized carbons (Fsp3) is 0.300. The van der Waals surface area contributed by atoms with E-state index in [2.05, 4.69) is 15.6 Å². The Kier molecular flexibility index (Phi) is 5.16. The number of benzene rings is 2. The van der Waals surface area contributed by atoms with Crippen molar-refractivity contribution in [3.8, 4) is 0 Å². The molecule has 2 N–H and O–H groups in total. The van der Waals surface area contributed by atoms with Gasteiger partial charge < -0.3 is 10.6 Å². The summed E-state index contributed by atoms with van der Waals surface area (Å²) in [6.45, 7) is 2.43. The van der Waals surface area contributed by atoms with Crippen molar-refractivity contribution in [3.05, 3.63) is 65.2 Å². The Hall–Kier alpha value is -2.32. The van der Waals surface area contributed by atoms with E-state index in [1.807, 2.05) is 49.4 Å². The zero-order chi connectivity index (χ0) is 19.7. The van der Waals surface area contributed by atoms with Crippen LogP contribution in [0.4, 0.5) is 5.69 Å². The smallest absolute Gasteiger partial charge is 0.251 e. The number of carbonyl (C=O) groups is 1. The molecule has 6 nitrogen and oxygen atoms in total. The van der Waals surface area contributed by atoms with Gasteiger partial charge in [-0.2, -0.15) is 0 Å². The molecule has 0 aliphatic carbocycles. The number of thioether (sulfide) groups is 1. The Morgan fingerprint density at radius 3 is 2.71 bits per heavy atom. The first kappa shape index (κ1) is 19.0. The molecule has 0 bridgehead atoms. The van der Waals surface area contributed by atoms with Crippen molar-refractivity contribution >= 4 is 38.4 Å². The maximum absolute atomic E-state index is 12.5. The van der Waals surface area contributed by atoms with Crippen molar-refractivity contribution in [2.24, 2.45) is 4.99 Å². The molecular weight excluding hydrogens is 394 g/mol. The first-order valence-corrected chi connectivity index (χ1v) is 11.7. The van der Waals surface area contributed by atoms with E-state index in [0.717, 1.165) is 22.0 Å². The van der Waals surface area contributed by atoms with Gasteiger partial charge in [-0.15, -0.1) is 0 Å². The second-order valence-corrected chi connectivity index (χ2v) is 10.4. The normalized spacial score (nSPS) is 22.4. The largest absolute Gasteiger partial charge is 0.348 e. The van der Waals surface area contributed by atoms with Crippen molar-refractivity contribution < 1.29 is 13.2 Å². The van der Waals surface area contributed by atoms with Gasteiger partial charge in [0.2, 0.25) is 0 Å². The molecule has 2 aromatic rings. The molecule has 146 valence electrons. The van der Waals surface area contributed by atoms with Crippen molar-refractivity contribution in [1.82, 2.24) is 5.32 Å². The molecule has 1 fully saturated rings. The van der Waals surface area contributed by atoms with Gasteiger partial charge in [0.15, 0.2) is 15.0 Å². The minimum absolute atomic E-state index is 0.00911. The topological polar surface area (TPSA) is 87.6 Å². The molecule has 0 radical (unpaired) electrons. The number of carbonyl (C=O) groups excluding carboxylic acids is 1. The minimum atomic E-state index is -2.97. The fourth-order valence-corrected chi connectivity index (χ4v) is 6.98. The summed E-state index contributed by atoms with van der Waals surface area (Å²) in [5.74, 6) is 0.158. The Labute approximate surface area is 168 Å². The summed E-state index contributed by atoms with van der Waals surface area (Å²) in [5, 5.41) is 6.91. The fourth-order valence-electron chi connectivity index (χ4n) is 3.31. The summed E-state index contributed by atoms with van der Waals surface area (Å²) in [5.41, 5.74) is 3.41. The van der Waals surface area contributed by atoms with E-state index in [0.29, 0.717) is 12.1 Å². The van der Waals surface area contributed by atoms with Crippen LogP contribution < -0.4 is 10.6 Å². The van der Waals surface area contributed by atoms with E-state index in [9.17, 15) is 13.2 Å². The highest BCUT2D eigenvalue weighted by Gasteiger charge is 2.42. The van der Waals surface area contributed by atoms with Crippen LogP contribution in [0, 0.1) is 6.92 Å². The molecule has 0 saturated carbocycles. The highest BCUT2D eigenvalue weighted by atomic mass is 32.2. The molecule has 1 amide bonds. The van der Waals surface area contributed by atoms with E-state index in [-0.39, 0.29) is 28.7 Å². The number of rotatable bonds is 4. The van der Waals surface area contributed by atoms with Crippen LogP contribution >= 0.6 is 11.8 Å². The molecule has 0 spiro atoms. The van der Waals surface area contributed by atoms with Crippen LogP contribution in [0.1, 0.15) is 21.5 Å². The number of nitrogens with zero attached hydrogens (tertiary/aromatic N) is 1. The number of aliphatic imine (C=N–C) groups is 1. The van der Waals surface area contributed by atoms with Gasteiger partial charge in [-0.1, -0.05) is 48.2 Å². The molecule has 4 rings (SSSR count). The van der Waals surface area contributed by atoms with Crippen LogP contribution in [0.2, 0.25) is 0 Å². The zero-order valence-electron chi connectivity index (χ0n) is 15.4. The molecule has 2 atom stereocenters. The van der Waals surface area contributed by atoms with Gasteiger partial charge in [0.05, 0.1) is 17.5 Å². The van der Waals surface area contributed by atoms with Gasteiger partial charge in [-0.05, 0) is 30.2 Å². The molecular formula is C20H21N3O3S2. The van der Waals surface area contributed by atoms with Crippen molar-refractivity contribution in [2.75, 3.05) is 16.8 Å². The lowest BCUT2D eigenvalue weighted by atomic mass is 10.1. The third-order valence-electron chi connectivity index (χ3n) is 4.86. The van der Waals surface area contributed by atoms with Crippen LogP contribution in [0.5, 0.6) is 0 Å². The number of aryl methyl sites for hydroxylation is 1. The summed E-state index contributed by atoms with van der Waals surface area (Å²) in [7, 11) is -2.97. The molecule has 2 aliphatic rings. The highest BCUT2D eigenvalue weighted by molar-refractivity contribution is 8.15. The lowest BCUT2D eigenvalue weighted by Gasteiger charge is -2.12. The molecule has 0 aromatic heterocycles. The number of hydrogen-bond donors (Lipinski definition) is 2. The predicted octanol–water partition coefficient (Wildman–Crippen LogP) is 2.61. The number of hydrogen-bond acceptors (Lipinski definition) is 6. The summed E-state index contributed by atoms with van der Waals surface area (Å²) in [6.07, 6.45) is 0. The van der Waals surface area contributed by atoms with Gasteiger partial charge in [0, 0.05) is 23.0 Å². The quantitative estimate of drug-likeness (QED) is 0.802. The lowest BCUT2D eigenvalue weighted by Crippen LogP contribution is -2.23. The van der Waals surface area contributed by atoms with Crippen LogP contribution in [0.25, 0.3) is 0 Å². The number of nitrogens with one attached hydrogen (secondary N) is 2. The Morgan fingerprint density at radius 1 is 1.18 bits per heavy atom. The Morgan fingerprint density at radius 2 is 1.96 bits per heavy atom. The van der Waals surface area contributed by atoms with Crippen molar-refractivity contribution in [1.29, 1.82) is 0 Å². The van der Waals surface area contributed by atoms with Gasteiger partial charge in [-0.3, -0.25) is 9.79 Å². The van der Waals surface area contributed by atoms with Crippen molar-refractivity contribution in [2.45, 2.75) is 24.8 Å². The molecule has 2 aromatic carbocycles. The predicted molar refractivity (Wildman–Crippen MR) is 114 cm³/mol. The van der Waals surface area contributed by atoms with Gasteiger partial charge in [-0.25, -0.2) is 8.42 Å². The molecule has 2 aliphatic heterocycles. The maximum Gasteiger partial charge on any atom is 0.251 e. The second-order valence-electron chi connectivity index (χ2n) is 7.06. The maximum atomic E-state index is 12.5. The molecule has 0 unspecified atom stereocenters. The van der Waals surface area contributed by atoms with Crippen LogP contribution in [0.3, 0.4) is 0 Å². The average molecular weight is 416 g/mol. The summed E-state index contributed by atoms with van der Waals surface area (Å²) in [4.78, 5) is 17.0. The van der Waals surface area contributed by atoms with E-state index in [1.165, 1.54) is 11.8 Å². The van der Waals surface area contributed by atoms with Crippen LogP contribution in [-0.4, -0.2) is 42.3 Å². The number of fused-ring (bicyclic) bond motifs is 1. The van der Waals surface area contributed by atoms with Gasteiger partial charge >= 0.3 is 0 Å². The van der Waals surface area contributed by atoms with E-state index < -0.39 is 9.84 Å². The van der Waals surface area contributed by atoms with Crippen LogP contribution in [0.15, 0.2) is 53.5 Å². The van der Waals surface area contributed by atoms with Gasteiger partial charge in [0.25, 0.3) is 5.91 Å². The zero-order valence-corrected chi connectivity index (χ0v) is 17.0. The van der Waals surface area contributed by atoms with Crippen LogP contribution in [-0.2, 0) is 16.4 Å². The minimum Gasteiger partial charge on any atom is -0.348 e. The SMILES string of the molecule is Cc1ccc(C(=O)NCc2ccccc2)cc1NC1=N[C@@H]2CS(=O)(=O)C[C@H]2S1. The number of anilines is 1. The summed E-state index contributed by atoms with van der Waals surface area (Å²) >= 11 is 1.47. The number of amidine groups is 1. The van der Waals surface area contributed by atoms with E-state index in [4.69, 9.17) is 0 Å². The number of sulfone groups is 1. The first-order valence-electron chi connectivity index (χ1n) is 9.04. The first-order chi connectivity index (χ1) is 13.4. The Bertz CT molecular complexity index is 1040. The standard InChI is InChI=1S/C20H21N3O3S2/c1-13-7-8-15(19(24)21-10-14-5-3-2-4-6-14)9-16(13)22-20-23-17-11-28(25,26)12-18(17)27-20/h2-9,17-18H,10-12H2,1H3,(H,21,24)(H,22,23)/t17-,18-/m1/s1. The second kappa shape index (κ2) is 7.60. The van der Waals surface area contributed by atoms with E-state index in [1.54, 1.807) is 6.07 Å². The third-order valence-corrected chi connectivity index (χ3v) is 8.00. The molecule has 1 saturated heterocycles. The third kappa shape index (κ3) is 4.23. The number of amides is 1. The molecule has 8 heteroatoms. The Balaban J connectivity index is 1.43. The molecule has 2 heterocycles. The monoisotopic (exact) mass is 415 g/mol.